The Balaban J connectivity index is 2.08. The number of ether oxygens (including phenoxy) is 1. The molecular weight excluding hydrogens is 266 g/mol. The monoisotopic (exact) mass is 287 g/mol. The molecule has 0 fully saturated rings. The second-order valence-corrected chi connectivity index (χ2v) is 5.78. The van der Waals surface area contributed by atoms with Crippen molar-refractivity contribution in [2.75, 3.05) is 19.9 Å². The lowest BCUT2D eigenvalue weighted by molar-refractivity contribution is 0.414. The zero-order valence-corrected chi connectivity index (χ0v) is 13.0. The van der Waals surface area contributed by atoms with Crippen LogP contribution >= 0.6 is 11.8 Å². The van der Waals surface area contributed by atoms with Crippen LogP contribution in [0.3, 0.4) is 0 Å². The minimum atomic E-state index is 0.339. The SMILES string of the molecule is CNC(CSc1ccccc1)c1ccc(OC)cc1C. The summed E-state index contributed by atoms with van der Waals surface area (Å²) in [5, 5.41) is 3.41. The maximum absolute atomic E-state index is 5.27. The predicted octanol–water partition coefficient (Wildman–Crippen LogP) is 4.06. The van der Waals surface area contributed by atoms with Crippen LogP contribution in [0.25, 0.3) is 0 Å². The van der Waals surface area contributed by atoms with E-state index in [1.54, 1.807) is 7.11 Å². The second kappa shape index (κ2) is 7.36. The zero-order chi connectivity index (χ0) is 14.4. The highest BCUT2D eigenvalue weighted by molar-refractivity contribution is 7.99. The first-order valence-electron chi connectivity index (χ1n) is 6.74. The highest BCUT2D eigenvalue weighted by Crippen LogP contribution is 2.28. The number of nitrogens with one attached hydrogen (secondary N) is 1. The highest BCUT2D eigenvalue weighted by Gasteiger charge is 2.12. The third kappa shape index (κ3) is 3.78. The van der Waals surface area contributed by atoms with Crippen LogP contribution in [0, 0.1) is 6.92 Å². The molecule has 2 rings (SSSR count). The van der Waals surface area contributed by atoms with Gasteiger partial charge in [0.05, 0.1) is 7.11 Å². The van der Waals surface area contributed by atoms with Crippen molar-refractivity contribution < 1.29 is 4.74 Å². The first-order valence-corrected chi connectivity index (χ1v) is 7.73. The summed E-state index contributed by atoms with van der Waals surface area (Å²) >= 11 is 1.87. The number of methoxy groups -OCH3 is 1. The van der Waals surface area contributed by atoms with Gasteiger partial charge >= 0.3 is 0 Å². The summed E-state index contributed by atoms with van der Waals surface area (Å²) in [4.78, 5) is 1.30. The van der Waals surface area contributed by atoms with E-state index in [9.17, 15) is 0 Å². The van der Waals surface area contributed by atoms with E-state index in [0.717, 1.165) is 11.5 Å². The standard InChI is InChI=1S/C17H21NOS/c1-13-11-14(19-3)9-10-16(13)17(18-2)12-20-15-7-5-4-6-8-15/h4-11,17-18H,12H2,1-3H3. The van der Waals surface area contributed by atoms with Crippen LogP contribution in [-0.4, -0.2) is 19.9 Å². The van der Waals surface area contributed by atoms with Gasteiger partial charge in [-0.25, -0.2) is 0 Å². The average molecular weight is 287 g/mol. The molecule has 1 unspecified atom stereocenters. The van der Waals surface area contributed by atoms with Crippen molar-refractivity contribution in [3.05, 3.63) is 59.7 Å². The first-order chi connectivity index (χ1) is 9.74. The van der Waals surface area contributed by atoms with Gasteiger partial charge in [-0.05, 0) is 49.4 Å². The molecule has 0 spiro atoms. The number of benzene rings is 2. The lowest BCUT2D eigenvalue weighted by atomic mass is 10.0. The van der Waals surface area contributed by atoms with Gasteiger partial charge in [0, 0.05) is 16.7 Å². The molecule has 1 N–H and O–H groups in total. The summed E-state index contributed by atoms with van der Waals surface area (Å²) in [7, 11) is 3.72. The van der Waals surface area contributed by atoms with E-state index in [4.69, 9.17) is 4.74 Å². The molecule has 0 amide bonds. The molecule has 1 atom stereocenters. The second-order valence-electron chi connectivity index (χ2n) is 4.69. The maximum atomic E-state index is 5.27. The largest absolute Gasteiger partial charge is 0.497 e. The molecule has 0 radical (unpaired) electrons. The number of hydrogen-bond donors (Lipinski definition) is 1. The molecule has 0 heterocycles. The molecule has 0 aliphatic heterocycles. The van der Waals surface area contributed by atoms with Crippen LogP contribution in [0.5, 0.6) is 5.75 Å². The van der Waals surface area contributed by atoms with Crippen molar-refractivity contribution in [2.45, 2.75) is 17.9 Å². The van der Waals surface area contributed by atoms with Gasteiger partial charge in [0.15, 0.2) is 0 Å². The fourth-order valence-corrected chi connectivity index (χ4v) is 3.25. The first kappa shape index (κ1) is 14.9. The Hall–Kier alpha value is -1.45. The van der Waals surface area contributed by atoms with Crippen molar-refractivity contribution in [1.82, 2.24) is 5.32 Å². The fourth-order valence-electron chi connectivity index (χ4n) is 2.19. The van der Waals surface area contributed by atoms with Crippen LogP contribution in [0.1, 0.15) is 17.2 Å². The highest BCUT2D eigenvalue weighted by atomic mass is 32.2. The Labute approximate surface area is 125 Å². The third-order valence-corrected chi connectivity index (χ3v) is 4.47. The summed E-state index contributed by atoms with van der Waals surface area (Å²) in [6.07, 6.45) is 0. The Morgan fingerprint density at radius 1 is 1.15 bits per heavy atom. The Kier molecular flexibility index (Phi) is 5.50. The van der Waals surface area contributed by atoms with Crippen LogP contribution < -0.4 is 10.1 Å². The molecule has 2 aromatic carbocycles. The lowest BCUT2D eigenvalue weighted by Crippen LogP contribution is -2.19. The van der Waals surface area contributed by atoms with Crippen molar-refractivity contribution in [1.29, 1.82) is 0 Å². The minimum absolute atomic E-state index is 0.339. The molecule has 0 aliphatic carbocycles. The van der Waals surface area contributed by atoms with E-state index in [1.807, 2.05) is 30.9 Å². The van der Waals surface area contributed by atoms with Crippen molar-refractivity contribution >= 4 is 11.8 Å². The van der Waals surface area contributed by atoms with E-state index in [-0.39, 0.29) is 0 Å². The summed E-state index contributed by atoms with van der Waals surface area (Å²) in [6.45, 7) is 2.13. The van der Waals surface area contributed by atoms with Crippen molar-refractivity contribution in [3.8, 4) is 5.75 Å². The molecule has 3 heteroatoms. The van der Waals surface area contributed by atoms with Gasteiger partial charge in [-0.15, -0.1) is 11.8 Å². The van der Waals surface area contributed by atoms with Gasteiger partial charge in [-0.1, -0.05) is 24.3 Å². The number of rotatable bonds is 6. The topological polar surface area (TPSA) is 21.3 Å². The summed E-state index contributed by atoms with van der Waals surface area (Å²) in [6, 6.07) is 17.1. The van der Waals surface area contributed by atoms with Crippen LogP contribution in [-0.2, 0) is 0 Å². The van der Waals surface area contributed by atoms with Crippen LogP contribution in [0.2, 0.25) is 0 Å². The van der Waals surface area contributed by atoms with Gasteiger partial charge in [-0.3, -0.25) is 0 Å². The molecule has 2 nitrogen and oxygen atoms in total. The van der Waals surface area contributed by atoms with Crippen molar-refractivity contribution in [3.63, 3.8) is 0 Å². The van der Waals surface area contributed by atoms with Gasteiger partial charge < -0.3 is 10.1 Å². The molecule has 0 saturated heterocycles. The maximum Gasteiger partial charge on any atom is 0.119 e. The van der Waals surface area contributed by atoms with Crippen LogP contribution in [0.15, 0.2) is 53.4 Å². The van der Waals surface area contributed by atoms with Gasteiger partial charge in [-0.2, -0.15) is 0 Å². The quantitative estimate of drug-likeness (QED) is 0.810. The third-order valence-electron chi connectivity index (χ3n) is 3.36. The Bertz CT molecular complexity index is 542. The number of hydrogen-bond acceptors (Lipinski definition) is 3. The smallest absolute Gasteiger partial charge is 0.119 e. The number of thioether (sulfide) groups is 1. The molecule has 0 aromatic heterocycles. The molecule has 106 valence electrons. The van der Waals surface area contributed by atoms with Crippen LogP contribution in [0.4, 0.5) is 0 Å². The Morgan fingerprint density at radius 2 is 1.90 bits per heavy atom. The van der Waals surface area contributed by atoms with Crippen molar-refractivity contribution in [2.24, 2.45) is 0 Å². The van der Waals surface area contributed by atoms with E-state index in [2.05, 4.69) is 48.6 Å². The summed E-state index contributed by atoms with van der Waals surface area (Å²) in [5.41, 5.74) is 2.59. The molecule has 20 heavy (non-hydrogen) atoms. The fraction of sp³-hybridized carbons (Fsp3) is 0.294. The van der Waals surface area contributed by atoms with E-state index in [0.29, 0.717) is 6.04 Å². The minimum Gasteiger partial charge on any atom is -0.497 e. The molecule has 0 saturated carbocycles. The predicted molar refractivity (Wildman–Crippen MR) is 86.7 cm³/mol. The Morgan fingerprint density at radius 3 is 2.50 bits per heavy atom. The molecule has 0 aliphatic rings. The summed E-state index contributed by atoms with van der Waals surface area (Å²) in [5.74, 6) is 1.92. The molecule has 2 aromatic rings. The zero-order valence-electron chi connectivity index (χ0n) is 12.2. The average Bonchev–Trinajstić information content (AvgIpc) is 2.50. The normalized spacial score (nSPS) is 12.2. The van der Waals surface area contributed by atoms with Gasteiger partial charge in [0.1, 0.15) is 5.75 Å². The van der Waals surface area contributed by atoms with Gasteiger partial charge in [0.2, 0.25) is 0 Å². The van der Waals surface area contributed by atoms with E-state index < -0.39 is 0 Å². The number of aryl methyl sites for hydroxylation is 1. The lowest BCUT2D eigenvalue weighted by Gasteiger charge is -2.19. The molecular formula is C17H21NOS. The summed E-state index contributed by atoms with van der Waals surface area (Å²) < 4.78 is 5.27. The van der Waals surface area contributed by atoms with E-state index >= 15 is 0 Å². The van der Waals surface area contributed by atoms with E-state index in [1.165, 1.54) is 16.0 Å². The molecule has 0 bridgehead atoms. The van der Waals surface area contributed by atoms with Gasteiger partial charge in [0.25, 0.3) is 0 Å².